The van der Waals surface area contributed by atoms with E-state index in [9.17, 15) is 0 Å². The summed E-state index contributed by atoms with van der Waals surface area (Å²) in [6, 6.07) is 0. The number of hydrogen-bond donors (Lipinski definition) is 0. The first-order chi connectivity index (χ1) is 12.7. The van der Waals surface area contributed by atoms with Crippen LogP contribution in [-0.4, -0.2) is 14.0 Å². The Morgan fingerprint density at radius 1 is 1.04 bits per heavy atom. The molecule has 0 fully saturated rings. The quantitative estimate of drug-likeness (QED) is 0.555. The van der Waals surface area contributed by atoms with Gasteiger partial charge in [0.05, 0.1) is 22.8 Å². The number of allylic oxidation sites excluding steroid dienone is 5. The molecule has 0 N–H and O–H groups in total. The molecule has 0 saturated heterocycles. The molecule has 0 amide bonds. The van der Waals surface area contributed by atoms with Crippen molar-refractivity contribution in [1.82, 2.24) is 14.0 Å². The van der Waals surface area contributed by atoms with Crippen LogP contribution >= 0.6 is 0 Å². The molecule has 0 aliphatic heterocycles. The molecule has 3 heteroatoms. The Morgan fingerprint density at radius 3 is 2.22 bits per heavy atom. The summed E-state index contributed by atoms with van der Waals surface area (Å²) in [6.45, 7) is 17.0. The molecule has 0 aromatic carbocycles. The van der Waals surface area contributed by atoms with E-state index in [-0.39, 0.29) is 10.8 Å². The third-order valence-corrected chi connectivity index (χ3v) is 4.85. The maximum Gasteiger partial charge on any atom is 0.215 e. The average Bonchev–Trinajstić information content (AvgIpc) is 2.98. The first-order valence-electron chi connectivity index (χ1n) is 9.94. The van der Waals surface area contributed by atoms with Crippen molar-refractivity contribution >= 4 is 24.0 Å². The van der Waals surface area contributed by atoms with Gasteiger partial charge in [-0.1, -0.05) is 71.9 Å². The van der Waals surface area contributed by atoms with Crippen LogP contribution in [-0.2, 0) is 7.05 Å². The summed E-state index contributed by atoms with van der Waals surface area (Å²) >= 11 is 0. The minimum absolute atomic E-state index is 0.0226. The number of fused-ring (bicyclic) bond motifs is 3. The van der Waals surface area contributed by atoms with Gasteiger partial charge in [0.15, 0.2) is 0 Å². The van der Waals surface area contributed by atoms with Gasteiger partial charge in [0.1, 0.15) is 0 Å². The summed E-state index contributed by atoms with van der Waals surface area (Å²) in [7, 11) is 2.09. The molecule has 2 heterocycles. The second-order valence-electron chi connectivity index (χ2n) is 8.19. The van der Waals surface area contributed by atoms with E-state index in [0.717, 1.165) is 17.2 Å². The van der Waals surface area contributed by atoms with E-state index in [1.807, 2.05) is 13.8 Å². The molecular weight excluding hydrogens is 330 g/mol. The van der Waals surface area contributed by atoms with E-state index in [1.165, 1.54) is 11.4 Å². The van der Waals surface area contributed by atoms with E-state index >= 15 is 0 Å². The zero-order valence-corrected chi connectivity index (χ0v) is 18.5. The van der Waals surface area contributed by atoms with Crippen molar-refractivity contribution in [2.45, 2.75) is 55.4 Å². The maximum absolute atomic E-state index is 4.82. The minimum Gasteiger partial charge on any atom is -0.313 e. The van der Waals surface area contributed by atoms with Gasteiger partial charge in [0.2, 0.25) is 5.78 Å². The van der Waals surface area contributed by atoms with Crippen molar-refractivity contribution in [3.05, 3.63) is 53.2 Å². The smallest absolute Gasteiger partial charge is 0.215 e. The van der Waals surface area contributed by atoms with Crippen LogP contribution in [0.3, 0.4) is 0 Å². The first-order valence-corrected chi connectivity index (χ1v) is 9.94. The summed E-state index contributed by atoms with van der Waals surface area (Å²) in [6.07, 6.45) is 17.8. The van der Waals surface area contributed by atoms with Crippen molar-refractivity contribution in [1.29, 1.82) is 0 Å². The predicted molar refractivity (Wildman–Crippen MR) is 120 cm³/mol. The fraction of sp³-hybridized carbons (Fsp3) is 0.458. The number of hydrogen-bond acceptors (Lipinski definition) is 1. The van der Waals surface area contributed by atoms with Crippen molar-refractivity contribution in [2.24, 2.45) is 17.9 Å². The Bertz CT molecular complexity index is 925. The Kier molecular flexibility index (Phi) is 6.04. The van der Waals surface area contributed by atoms with Gasteiger partial charge in [-0.15, -0.1) is 0 Å². The number of imidazole rings is 2. The van der Waals surface area contributed by atoms with E-state index < -0.39 is 0 Å². The molecule has 3 rings (SSSR count). The second kappa shape index (κ2) is 7.75. The molecule has 146 valence electrons. The molecule has 0 saturated carbocycles. The average molecular weight is 366 g/mol. The summed E-state index contributed by atoms with van der Waals surface area (Å²) in [5.41, 5.74) is 4.69. The lowest BCUT2D eigenvalue weighted by atomic mass is 9.92. The van der Waals surface area contributed by atoms with Gasteiger partial charge in [-0.25, -0.2) is 4.98 Å². The van der Waals surface area contributed by atoms with Crippen molar-refractivity contribution < 1.29 is 0 Å². The summed E-state index contributed by atoms with van der Waals surface area (Å²) in [4.78, 5) is 4.82. The predicted octanol–water partition coefficient (Wildman–Crippen LogP) is 6.69. The molecular formula is C24H35N3. The monoisotopic (exact) mass is 365 g/mol. The highest BCUT2D eigenvalue weighted by atomic mass is 15.2. The number of nitrogens with zero attached hydrogens (tertiary/aromatic N) is 3. The maximum atomic E-state index is 4.82. The highest BCUT2D eigenvalue weighted by Crippen LogP contribution is 2.31. The second-order valence-corrected chi connectivity index (χ2v) is 8.19. The SMILES string of the molecule is C/C=C\C(C)(C)/C=C\c1c(C)nc2n(C)c3c(n12)C=CC(C)(C)C=C3.CC. The summed E-state index contributed by atoms with van der Waals surface area (Å²) in [5.74, 6) is 0.986. The largest absolute Gasteiger partial charge is 0.313 e. The first kappa shape index (κ1) is 21.0. The molecule has 1 aliphatic carbocycles. The molecule has 2 aromatic heterocycles. The fourth-order valence-electron chi connectivity index (χ4n) is 3.36. The van der Waals surface area contributed by atoms with E-state index in [0.29, 0.717) is 0 Å². The Hall–Kier alpha value is -2.29. The number of aryl methyl sites for hydroxylation is 2. The Balaban J connectivity index is 0.00000126. The standard InChI is InChI=1S/C22H29N3.C2H6/c1-8-12-21(3,4)13-9-17-16(2)23-20-24(7)18-10-14-22(5,6)15-11-19(18)25(17)20;1-2/h8-15H,1-7H3;1-2H3/b12-8-,13-9-;. The van der Waals surface area contributed by atoms with E-state index in [2.05, 4.69) is 106 Å². The normalized spacial score (nSPS) is 16.0. The lowest BCUT2D eigenvalue weighted by molar-refractivity contribution is 0.628. The van der Waals surface area contributed by atoms with Gasteiger partial charge in [0, 0.05) is 17.9 Å². The Morgan fingerprint density at radius 2 is 1.63 bits per heavy atom. The van der Waals surface area contributed by atoms with Crippen molar-refractivity contribution in [3.63, 3.8) is 0 Å². The third-order valence-electron chi connectivity index (χ3n) is 4.85. The highest BCUT2D eigenvalue weighted by Gasteiger charge is 2.21. The van der Waals surface area contributed by atoms with Crippen molar-refractivity contribution in [2.75, 3.05) is 0 Å². The molecule has 0 radical (unpaired) electrons. The topological polar surface area (TPSA) is 22.2 Å². The van der Waals surface area contributed by atoms with Crippen LogP contribution in [0.5, 0.6) is 0 Å². The zero-order chi connectivity index (χ0) is 20.4. The minimum atomic E-state index is 0.0226. The van der Waals surface area contributed by atoms with Crippen LogP contribution in [0, 0.1) is 17.8 Å². The van der Waals surface area contributed by atoms with Gasteiger partial charge < -0.3 is 4.57 Å². The third kappa shape index (κ3) is 4.18. The molecule has 0 bridgehead atoms. The van der Waals surface area contributed by atoms with Crippen LogP contribution < -0.4 is 0 Å². The molecule has 27 heavy (non-hydrogen) atoms. The Labute approximate surface area is 164 Å². The molecule has 0 unspecified atom stereocenters. The van der Waals surface area contributed by atoms with Crippen LogP contribution in [0.15, 0.2) is 30.4 Å². The molecule has 0 spiro atoms. The number of rotatable bonds is 3. The van der Waals surface area contributed by atoms with Gasteiger partial charge in [-0.05, 0) is 32.1 Å². The van der Waals surface area contributed by atoms with Crippen LogP contribution in [0.4, 0.5) is 0 Å². The fourth-order valence-corrected chi connectivity index (χ4v) is 3.36. The van der Waals surface area contributed by atoms with Crippen molar-refractivity contribution in [3.8, 4) is 0 Å². The lowest BCUT2D eigenvalue weighted by Gasteiger charge is -2.14. The van der Waals surface area contributed by atoms with Crippen LogP contribution in [0.25, 0.3) is 24.0 Å². The van der Waals surface area contributed by atoms with E-state index in [1.54, 1.807) is 0 Å². The lowest BCUT2D eigenvalue weighted by Crippen LogP contribution is -2.02. The van der Waals surface area contributed by atoms with Gasteiger partial charge >= 0.3 is 0 Å². The highest BCUT2D eigenvalue weighted by molar-refractivity contribution is 5.71. The molecule has 2 aromatic rings. The summed E-state index contributed by atoms with van der Waals surface area (Å²) < 4.78 is 4.45. The number of aromatic nitrogens is 3. The zero-order valence-electron chi connectivity index (χ0n) is 18.5. The van der Waals surface area contributed by atoms with Gasteiger partial charge in [-0.2, -0.15) is 0 Å². The van der Waals surface area contributed by atoms with Gasteiger partial charge in [-0.3, -0.25) is 4.40 Å². The molecule has 0 atom stereocenters. The van der Waals surface area contributed by atoms with Gasteiger partial charge in [0.25, 0.3) is 0 Å². The van der Waals surface area contributed by atoms with Crippen LogP contribution in [0.1, 0.15) is 71.2 Å². The van der Waals surface area contributed by atoms with E-state index in [4.69, 9.17) is 4.98 Å². The van der Waals surface area contributed by atoms with Crippen LogP contribution in [0.2, 0.25) is 0 Å². The molecule has 3 nitrogen and oxygen atoms in total. The summed E-state index contributed by atoms with van der Waals surface area (Å²) in [5, 5.41) is 0. The molecule has 1 aliphatic rings.